The summed E-state index contributed by atoms with van der Waals surface area (Å²) in [5, 5.41) is 6.21. The fraction of sp³-hybridized carbons (Fsp3) is 0.750. The number of carbonyl (C=O) groups is 1. The molecule has 0 spiro atoms. The van der Waals surface area contributed by atoms with Crippen molar-refractivity contribution in [2.45, 2.75) is 32.6 Å². The third-order valence-electron chi connectivity index (χ3n) is 3.40. The molecule has 1 fully saturated rings. The Morgan fingerprint density at radius 1 is 1.45 bits per heavy atom. The van der Waals surface area contributed by atoms with Crippen LogP contribution in [-0.4, -0.2) is 64.4 Å². The van der Waals surface area contributed by atoms with Gasteiger partial charge in [-0.1, -0.05) is 5.16 Å². The summed E-state index contributed by atoms with van der Waals surface area (Å²) in [4.78, 5) is 18.8. The molecule has 10 heteroatoms. The van der Waals surface area contributed by atoms with Crippen LogP contribution in [0.3, 0.4) is 0 Å². The SMILES string of the molecule is Cc1noc(CNC(=O)N2CCN(CC(F)(F)F)C(C)C2)n1. The highest BCUT2D eigenvalue weighted by Gasteiger charge is 2.35. The lowest BCUT2D eigenvalue weighted by molar-refractivity contribution is -0.153. The fourth-order valence-corrected chi connectivity index (χ4v) is 2.32. The maximum Gasteiger partial charge on any atom is 0.401 e. The van der Waals surface area contributed by atoms with Gasteiger partial charge < -0.3 is 14.7 Å². The third kappa shape index (κ3) is 4.58. The van der Waals surface area contributed by atoms with Crippen LogP contribution in [0.25, 0.3) is 0 Å². The second kappa shape index (κ2) is 6.51. The molecule has 2 rings (SSSR count). The van der Waals surface area contributed by atoms with E-state index in [-0.39, 0.29) is 44.1 Å². The van der Waals surface area contributed by atoms with Crippen molar-refractivity contribution in [2.24, 2.45) is 0 Å². The number of urea groups is 1. The van der Waals surface area contributed by atoms with Gasteiger partial charge in [-0.15, -0.1) is 0 Å². The van der Waals surface area contributed by atoms with E-state index < -0.39 is 12.7 Å². The van der Waals surface area contributed by atoms with E-state index in [0.29, 0.717) is 5.82 Å². The van der Waals surface area contributed by atoms with Gasteiger partial charge in [-0.05, 0) is 13.8 Å². The molecule has 2 amide bonds. The van der Waals surface area contributed by atoms with Crippen molar-refractivity contribution in [1.82, 2.24) is 25.3 Å². The highest BCUT2D eigenvalue weighted by atomic mass is 19.4. The number of nitrogens with one attached hydrogen (secondary N) is 1. The van der Waals surface area contributed by atoms with Crippen LogP contribution in [0.5, 0.6) is 0 Å². The molecule has 124 valence electrons. The van der Waals surface area contributed by atoms with E-state index >= 15 is 0 Å². The molecule has 0 aromatic carbocycles. The minimum Gasteiger partial charge on any atom is -0.337 e. The first-order chi connectivity index (χ1) is 10.2. The first-order valence-corrected chi connectivity index (χ1v) is 6.87. The number of amides is 2. The number of piperazine rings is 1. The molecule has 1 aromatic rings. The molecule has 1 unspecified atom stereocenters. The molecule has 1 aliphatic rings. The first-order valence-electron chi connectivity index (χ1n) is 6.87. The molecule has 22 heavy (non-hydrogen) atoms. The van der Waals surface area contributed by atoms with Crippen molar-refractivity contribution in [3.8, 4) is 0 Å². The topological polar surface area (TPSA) is 74.5 Å². The van der Waals surface area contributed by atoms with Gasteiger partial charge >= 0.3 is 12.2 Å². The molecule has 7 nitrogen and oxygen atoms in total. The Morgan fingerprint density at radius 2 is 2.18 bits per heavy atom. The van der Waals surface area contributed by atoms with Crippen LogP contribution in [0.4, 0.5) is 18.0 Å². The molecular formula is C12H18F3N5O2. The van der Waals surface area contributed by atoms with E-state index in [1.54, 1.807) is 13.8 Å². The van der Waals surface area contributed by atoms with Gasteiger partial charge in [0.15, 0.2) is 5.82 Å². The van der Waals surface area contributed by atoms with Crippen molar-refractivity contribution in [2.75, 3.05) is 26.2 Å². The van der Waals surface area contributed by atoms with Gasteiger partial charge in [0.05, 0.1) is 13.1 Å². The van der Waals surface area contributed by atoms with E-state index in [0.717, 1.165) is 0 Å². The lowest BCUT2D eigenvalue weighted by Crippen LogP contribution is -2.57. The summed E-state index contributed by atoms with van der Waals surface area (Å²) in [5.41, 5.74) is 0. The van der Waals surface area contributed by atoms with Crippen molar-refractivity contribution >= 4 is 6.03 Å². The van der Waals surface area contributed by atoms with E-state index in [1.165, 1.54) is 9.80 Å². The number of hydrogen-bond acceptors (Lipinski definition) is 5. The zero-order valence-electron chi connectivity index (χ0n) is 12.4. The van der Waals surface area contributed by atoms with Gasteiger partial charge in [-0.3, -0.25) is 4.90 Å². The zero-order valence-corrected chi connectivity index (χ0v) is 12.4. The van der Waals surface area contributed by atoms with Crippen molar-refractivity contribution < 1.29 is 22.5 Å². The summed E-state index contributed by atoms with van der Waals surface area (Å²) in [6.45, 7) is 3.15. The Kier molecular flexibility index (Phi) is 4.89. The standard InChI is InChI=1S/C12H18F3N5O2/c1-8-6-19(3-4-20(8)7-12(13,14)15)11(21)16-5-10-17-9(2)18-22-10/h8H,3-7H2,1-2H3,(H,16,21). The van der Waals surface area contributed by atoms with Crippen molar-refractivity contribution in [3.05, 3.63) is 11.7 Å². The maximum atomic E-state index is 12.4. The summed E-state index contributed by atoms with van der Waals surface area (Å²) in [6, 6.07) is -0.707. The van der Waals surface area contributed by atoms with Crippen LogP contribution in [0.15, 0.2) is 4.52 Å². The minimum absolute atomic E-state index is 0.0941. The predicted octanol–water partition coefficient (Wildman–Crippen LogP) is 1.16. The second-order valence-corrected chi connectivity index (χ2v) is 5.27. The molecule has 1 aromatic heterocycles. The molecule has 1 saturated heterocycles. The summed E-state index contributed by atoms with van der Waals surface area (Å²) >= 11 is 0. The average Bonchev–Trinajstić information content (AvgIpc) is 2.83. The van der Waals surface area contributed by atoms with Crippen molar-refractivity contribution in [1.29, 1.82) is 0 Å². The maximum absolute atomic E-state index is 12.4. The third-order valence-corrected chi connectivity index (χ3v) is 3.40. The Balaban J connectivity index is 1.80. The highest BCUT2D eigenvalue weighted by molar-refractivity contribution is 5.74. The number of hydrogen-bond donors (Lipinski definition) is 1. The Bertz CT molecular complexity index is 519. The monoisotopic (exact) mass is 321 g/mol. The average molecular weight is 321 g/mol. The van der Waals surface area contributed by atoms with Crippen LogP contribution in [0, 0.1) is 6.92 Å². The number of rotatable bonds is 3. The normalized spacial score (nSPS) is 20.2. The number of aromatic nitrogens is 2. The van der Waals surface area contributed by atoms with Crippen LogP contribution < -0.4 is 5.32 Å². The molecule has 1 aliphatic heterocycles. The number of halogens is 3. The summed E-state index contributed by atoms with van der Waals surface area (Å²) in [5.74, 6) is 0.758. The summed E-state index contributed by atoms with van der Waals surface area (Å²) < 4.78 is 42.1. The lowest BCUT2D eigenvalue weighted by Gasteiger charge is -2.39. The van der Waals surface area contributed by atoms with Gasteiger partial charge in [-0.2, -0.15) is 18.2 Å². The van der Waals surface area contributed by atoms with Gasteiger partial charge in [0, 0.05) is 25.7 Å². The molecule has 0 radical (unpaired) electrons. The van der Waals surface area contributed by atoms with E-state index in [1.807, 2.05) is 0 Å². The predicted molar refractivity (Wildman–Crippen MR) is 69.9 cm³/mol. The molecule has 0 aliphatic carbocycles. The van der Waals surface area contributed by atoms with Crippen LogP contribution in [-0.2, 0) is 6.54 Å². The molecule has 0 saturated carbocycles. The lowest BCUT2D eigenvalue weighted by atomic mass is 10.2. The fourth-order valence-electron chi connectivity index (χ4n) is 2.32. The minimum atomic E-state index is -4.23. The number of carbonyl (C=O) groups excluding carboxylic acids is 1. The van der Waals surface area contributed by atoms with Crippen LogP contribution >= 0.6 is 0 Å². The Labute approximate surface area is 125 Å². The van der Waals surface area contributed by atoms with E-state index in [2.05, 4.69) is 15.5 Å². The Morgan fingerprint density at radius 3 is 2.73 bits per heavy atom. The van der Waals surface area contributed by atoms with Crippen LogP contribution in [0.1, 0.15) is 18.6 Å². The number of aryl methyl sites for hydroxylation is 1. The largest absolute Gasteiger partial charge is 0.401 e. The first kappa shape index (κ1) is 16.5. The quantitative estimate of drug-likeness (QED) is 0.904. The van der Waals surface area contributed by atoms with Gasteiger partial charge in [-0.25, -0.2) is 4.79 Å². The molecule has 1 N–H and O–H groups in total. The number of alkyl halides is 3. The Hall–Kier alpha value is -1.84. The molecule has 2 heterocycles. The van der Waals surface area contributed by atoms with Gasteiger partial charge in [0.2, 0.25) is 5.89 Å². The smallest absolute Gasteiger partial charge is 0.337 e. The van der Waals surface area contributed by atoms with Crippen LogP contribution in [0.2, 0.25) is 0 Å². The molecule has 1 atom stereocenters. The van der Waals surface area contributed by atoms with E-state index in [4.69, 9.17) is 4.52 Å². The second-order valence-electron chi connectivity index (χ2n) is 5.27. The molecular weight excluding hydrogens is 303 g/mol. The van der Waals surface area contributed by atoms with E-state index in [9.17, 15) is 18.0 Å². The zero-order chi connectivity index (χ0) is 16.3. The number of nitrogens with zero attached hydrogens (tertiary/aromatic N) is 4. The summed E-state index contributed by atoms with van der Waals surface area (Å²) in [6.07, 6.45) is -4.23. The highest BCUT2D eigenvalue weighted by Crippen LogP contribution is 2.20. The summed E-state index contributed by atoms with van der Waals surface area (Å²) in [7, 11) is 0. The van der Waals surface area contributed by atoms with Gasteiger partial charge in [0.1, 0.15) is 0 Å². The molecule has 0 bridgehead atoms. The van der Waals surface area contributed by atoms with Gasteiger partial charge in [0.25, 0.3) is 0 Å². The van der Waals surface area contributed by atoms with Crippen molar-refractivity contribution in [3.63, 3.8) is 0 Å².